The fourth-order valence-electron chi connectivity index (χ4n) is 5.47. The third-order valence-electron chi connectivity index (χ3n) is 7.55. The van der Waals surface area contributed by atoms with Gasteiger partial charge in [0.05, 0.1) is 5.39 Å². The van der Waals surface area contributed by atoms with Gasteiger partial charge in [0.25, 0.3) is 0 Å². The summed E-state index contributed by atoms with van der Waals surface area (Å²) in [5, 5.41) is 15.9. The van der Waals surface area contributed by atoms with Crippen molar-refractivity contribution in [2.24, 2.45) is 0 Å². The highest BCUT2D eigenvalue weighted by Gasteiger charge is 2.26. The third-order valence-corrected chi connectivity index (χ3v) is 7.55. The van der Waals surface area contributed by atoms with Crippen LogP contribution in [0.1, 0.15) is 19.8 Å². The number of hydrogen-bond donors (Lipinski definition) is 2. The highest BCUT2D eigenvalue weighted by molar-refractivity contribution is 5.98. The molecule has 0 saturated carbocycles. The number of hydrogen-bond acceptors (Lipinski definition) is 8. The molecular formula is C28H31FN6O2. The Morgan fingerprint density at radius 3 is 2.78 bits per heavy atom. The molecule has 0 aliphatic carbocycles. The number of benzene rings is 2. The topological polar surface area (TPSA) is 86.6 Å². The molecule has 2 aliphatic heterocycles. The summed E-state index contributed by atoms with van der Waals surface area (Å²) < 4.78 is 21.9. The maximum Gasteiger partial charge on any atom is 0.320 e. The van der Waals surface area contributed by atoms with E-state index in [0.29, 0.717) is 35.1 Å². The first-order valence-electron chi connectivity index (χ1n) is 12.9. The maximum absolute atomic E-state index is 15.7. The number of aromatic nitrogens is 3. The van der Waals surface area contributed by atoms with E-state index in [1.54, 1.807) is 12.1 Å². The Bertz CT molecular complexity index is 1460. The van der Waals surface area contributed by atoms with Crippen LogP contribution in [-0.4, -0.2) is 76.9 Å². The lowest BCUT2D eigenvalue weighted by atomic mass is 10.0. The predicted molar refractivity (Wildman–Crippen MR) is 143 cm³/mol. The van der Waals surface area contributed by atoms with E-state index >= 15 is 4.39 Å². The molecule has 6 rings (SSSR count). The van der Waals surface area contributed by atoms with Crippen molar-refractivity contribution >= 4 is 27.6 Å². The van der Waals surface area contributed by atoms with Gasteiger partial charge in [-0.3, -0.25) is 0 Å². The van der Waals surface area contributed by atoms with Gasteiger partial charge in [0.1, 0.15) is 29.7 Å². The van der Waals surface area contributed by atoms with Gasteiger partial charge >= 0.3 is 6.01 Å². The summed E-state index contributed by atoms with van der Waals surface area (Å²) in [6.07, 6.45) is 2.22. The molecule has 0 amide bonds. The minimum Gasteiger partial charge on any atom is -0.508 e. The lowest BCUT2D eigenvalue weighted by Gasteiger charge is -2.35. The average Bonchev–Trinajstić information content (AvgIpc) is 3.31. The molecule has 2 unspecified atom stereocenters. The van der Waals surface area contributed by atoms with Crippen LogP contribution in [0, 0.1) is 5.82 Å². The van der Waals surface area contributed by atoms with E-state index in [9.17, 15) is 5.11 Å². The van der Waals surface area contributed by atoms with E-state index in [1.807, 2.05) is 24.3 Å². The van der Waals surface area contributed by atoms with Gasteiger partial charge in [-0.05, 0) is 62.3 Å². The maximum atomic E-state index is 15.7. The number of fused-ring (bicyclic) bond motifs is 2. The van der Waals surface area contributed by atoms with Gasteiger partial charge in [0.15, 0.2) is 5.65 Å². The number of likely N-dealkylation sites (tertiary alicyclic amines) is 1. The molecule has 8 nitrogen and oxygen atoms in total. The van der Waals surface area contributed by atoms with Crippen molar-refractivity contribution in [2.45, 2.75) is 31.8 Å². The minimum atomic E-state index is -0.489. The number of ether oxygens (including phenoxy) is 1. The number of nitrogens with one attached hydrogen (secondary N) is 1. The molecule has 0 bridgehead atoms. The quantitative estimate of drug-likeness (QED) is 0.424. The number of phenolic OH excluding ortho intramolecular Hbond substituents is 1. The first-order chi connectivity index (χ1) is 18.0. The molecule has 2 N–H and O–H groups in total. The van der Waals surface area contributed by atoms with Gasteiger partial charge in [0.2, 0.25) is 0 Å². The lowest BCUT2D eigenvalue weighted by molar-refractivity contribution is 0.188. The molecule has 2 aliphatic rings. The number of phenols is 1. The van der Waals surface area contributed by atoms with Crippen molar-refractivity contribution in [2.75, 3.05) is 44.7 Å². The smallest absolute Gasteiger partial charge is 0.320 e. The van der Waals surface area contributed by atoms with Crippen molar-refractivity contribution in [3.05, 3.63) is 48.3 Å². The second kappa shape index (κ2) is 9.72. The number of pyridine rings is 1. The summed E-state index contributed by atoms with van der Waals surface area (Å²) in [5.41, 5.74) is 1.02. The standard InChI is InChI=1S/C28H31FN6O2/c1-17-15-30-9-11-35(17)27-23-14-24(29)25(22-13-20(36)12-18-6-3-4-8-21(18)22)31-26(23)32-28(33-27)37-16-19-7-5-10-34(19)2/h3-4,6,8,12-14,17,19,30,36H,5,7,9-11,15-16H2,1-2H3. The molecule has 192 valence electrons. The third kappa shape index (κ3) is 4.53. The van der Waals surface area contributed by atoms with Crippen molar-refractivity contribution in [1.82, 2.24) is 25.2 Å². The Balaban J connectivity index is 1.49. The summed E-state index contributed by atoms with van der Waals surface area (Å²) in [6.45, 7) is 6.01. The Hall–Kier alpha value is -3.56. The molecule has 4 aromatic rings. The Morgan fingerprint density at radius 2 is 1.97 bits per heavy atom. The van der Waals surface area contributed by atoms with Crippen molar-refractivity contribution in [3.8, 4) is 23.0 Å². The molecular weight excluding hydrogens is 471 g/mol. The van der Waals surface area contributed by atoms with Gasteiger partial charge in [-0.25, -0.2) is 9.37 Å². The van der Waals surface area contributed by atoms with Crippen LogP contribution in [-0.2, 0) is 0 Å². The number of piperazine rings is 1. The Labute approximate surface area is 215 Å². The zero-order chi connectivity index (χ0) is 25.5. The molecule has 37 heavy (non-hydrogen) atoms. The van der Waals surface area contributed by atoms with Crippen LogP contribution in [0.15, 0.2) is 42.5 Å². The summed E-state index contributed by atoms with van der Waals surface area (Å²) >= 11 is 0. The molecule has 9 heteroatoms. The van der Waals surface area contributed by atoms with Gasteiger partial charge in [0, 0.05) is 37.3 Å². The summed E-state index contributed by atoms with van der Waals surface area (Å²) in [6, 6.07) is 13.0. The van der Waals surface area contributed by atoms with E-state index in [-0.39, 0.29) is 23.5 Å². The summed E-state index contributed by atoms with van der Waals surface area (Å²) in [7, 11) is 2.10. The molecule has 2 fully saturated rings. The second-order valence-corrected chi connectivity index (χ2v) is 10.1. The zero-order valence-corrected chi connectivity index (χ0v) is 21.1. The van der Waals surface area contributed by atoms with E-state index < -0.39 is 5.82 Å². The molecule has 2 aromatic carbocycles. The molecule has 0 spiro atoms. The average molecular weight is 503 g/mol. The van der Waals surface area contributed by atoms with E-state index in [4.69, 9.17) is 14.7 Å². The van der Waals surface area contributed by atoms with Crippen LogP contribution in [0.4, 0.5) is 10.2 Å². The fourth-order valence-corrected chi connectivity index (χ4v) is 5.47. The largest absolute Gasteiger partial charge is 0.508 e. The Kier molecular flexibility index (Phi) is 6.26. The number of anilines is 1. The molecule has 0 radical (unpaired) electrons. The van der Waals surface area contributed by atoms with Gasteiger partial charge in [-0.2, -0.15) is 9.97 Å². The van der Waals surface area contributed by atoms with E-state index in [2.05, 4.69) is 34.1 Å². The lowest BCUT2D eigenvalue weighted by Crippen LogP contribution is -2.50. The van der Waals surface area contributed by atoms with Crippen LogP contribution in [0.5, 0.6) is 11.8 Å². The SMILES string of the molecule is CC1CNCCN1c1nc(OCC2CCCN2C)nc2nc(-c3cc(O)cc4ccccc34)c(F)cc12. The molecule has 2 aromatic heterocycles. The minimum absolute atomic E-state index is 0.0534. The summed E-state index contributed by atoms with van der Waals surface area (Å²) in [4.78, 5) is 18.6. The first kappa shape index (κ1) is 23.8. The van der Waals surface area contributed by atoms with E-state index in [0.717, 1.165) is 49.8 Å². The van der Waals surface area contributed by atoms with Crippen molar-refractivity contribution in [3.63, 3.8) is 0 Å². The molecule has 4 heterocycles. The van der Waals surface area contributed by atoms with Crippen molar-refractivity contribution < 1.29 is 14.2 Å². The molecule has 2 atom stereocenters. The molecule has 2 saturated heterocycles. The van der Waals surface area contributed by atoms with Crippen LogP contribution in [0.2, 0.25) is 0 Å². The second-order valence-electron chi connectivity index (χ2n) is 10.1. The predicted octanol–water partition coefficient (Wildman–Crippen LogP) is 3.96. The number of aromatic hydroxyl groups is 1. The highest BCUT2D eigenvalue weighted by atomic mass is 19.1. The normalized spacial score (nSPS) is 20.7. The van der Waals surface area contributed by atoms with Gasteiger partial charge < -0.3 is 25.0 Å². The van der Waals surface area contributed by atoms with Crippen LogP contribution in [0.25, 0.3) is 33.1 Å². The van der Waals surface area contributed by atoms with Gasteiger partial charge in [-0.15, -0.1) is 0 Å². The fraction of sp³-hybridized carbons (Fsp3) is 0.393. The number of nitrogens with zero attached hydrogens (tertiary/aromatic N) is 5. The van der Waals surface area contributed by atoms with E-state index in [1.165, 1.54) is 6.07 Å². The van der Waals surface area contributed by atoms with Crippen LogP contribution >= 0.6 is 0 Å². The highest BCUT2D eigenvalue weighted by Crippen LogP contribution is 2.36. The van der Waals surface area contributed by atoms with Crippen LogP contribution in [0.3, 0.4) is 0 Å². The Morgan fingerprint density at radius 1 is 1.11 bits per heavy atom. The number of likely N-dealkylation sites (N-methyl/N-ethyl adjacent to an activating group) is 1. The summed E-state index contributed by atoms with van der Waals surface area (Å²) in [5.74, 6) is 0.197. The zero-order valence-electron chi connectivity index (χ0n) is 21.1. The number of rotatable bonds is 5. The van der Waals surface area contributed by atoms with Crippen LogP contribution < -0.4 is 15.0 Å². The van der Waals surface area contributed by atoms with Gasteiger partial charge in [-0.1, -0.05) is 24.3 Å². The first-order valence-corrected chi connectivity index (χ1v) is 12.9. The monoisotopic (exact) mass is 502 g/mol. The van der Waals surface area contributed by atoms with Crippen molar-refractivity contribution in [1.29, 1.82) is 0 Å². The number of halogens is 1.